The number of hydrogen-bond donors (Lipinski definition) is 1. The van der Waals surface area contributed by atoms with E-state index in [1.165, 1.54) is 18.6 Å². The number of unbranched alkanes of at least 4 members (excludes halogenated alkanes) is 2. The monoisotopic (exact) mass is 188 g/mol. The van der Waals surface area contributed by atoms with Crippen molar-refractivity contribution in [2.24, 2.45) is 0 Å². The minimum Gasteiger partial charge on any atom is -0.380 e. The summed E-state index contributed by atoms with van der Waals surface area (Å²) < 4.78 is 0. The molecule has 1 aliphatic rings. The fourth-order valence-electron chi connectivity index (χ4n) is 1.56. The second-order valence-corrected chi connectivity index (χ2v) is 8.21. The lowest BCUT2D eigenvalue weighted by Crippen LogP contribution is -2.04. The van der Waals surface area contributed by atoms with Gasteiger partial charge in [0, 0.05) is 5.75 Å². The molecule has 0 aliphatic carbocycles. The molecule has 0 amide bonds. The van der Waals surface area contributed by atoms with Crippen LogP contribution in [0.25, 0.3) is 0 Å². The van der Waals surface area contributed by atoms with Crippen molar-refractivity contribution in [1.29, 1.82) is 0 Å². The Balaban J connectivity index is 2.13. The highest BCUT2D eigenvalue weighted by molar-refractivity contribution is 8.40. The summed E-state index contributed by atoms with van der Waals surface area (Å²) in [6, 6.07) is 0. The number of aliphatic hydroxyl groups is 1. The van der Waals surface area contributed by atoms with E-state index in [1.807, 2.05) is 13.0 Å². The molecule has 1 saturated heterocycles. The molecular formula is C10H20OS. The first-order chi connectivity index (χ1) is 5.52. The van der Waals surface area contributed by atoms with E-state index in [-0.39, 0.29) is 4.93 Å². The molecule has 2 atom stereocenters. The molecule has 0 aromatic rings. The molecule has 1 aliphatic heterocycles. The Hall–Kier alpha value is 0.0500. The number of hydrogen-bond acceptors (Lipinski definition) is 1. The van der Waals surface area contributed by atoms with Gasteiger partial charge in [-0.1, -0.05) is 6.08 Å². The van der Waals surface area contributed by atoms with E-state index in [2.05, 4.69) is 12.8 Å². The van der Waals surface area contributed by atoms with Gasteiger partial charge in [0.25, 0.3) is 0 Å². The quantitative estimate of drug-likeness (QED) is 0.399. The molecule has 0 radical (unpaired) electrons. The van der Waals surface area contributed by atoms with Crippen molar-refractivity contribution in [2.75, 3.05) is 17.8 Å². The van der Waals surface area contributed by atoms with Crippen LogP contribution in [0.5, 0.6) is 0 Å². The lowest BCUT2D eigenvalue weighted by atomic mass is 10.2. The molecular weight excluding hydrogens is 168 g/mol. The van der Waals surface area contributed by atoms with Crippen LogP contribution in [0.15, 0.2) is 12.7 Å². The first-order valence-corrected chi connectivity index (χ1v) is 6.96. The van der Waals surface area contributed by atoms with Crippen molar-refractivity contribution in [3.05, 3.63) is 12.7 Å². The fourth-order valence-corrected chi connectivity index (χ4v) is 4.72. The van der Waals surface area contributed by atoms with Gasteiger partial charge < -0.3 is 5.11 Å². The van der Waals surface area contributed by atoms with Gasteiger partial charge in [0.15, 0.2) is 0 Å². The molecule has 72 valence electrons. The minimum atomic E-state index is -0.612. The molecule has 2 heteroatoms. The van der Waals surface area contributed by atoms with Crippen LogP contribution in [-0.2, 0) is 0 Å². The van der Waals surface area contributed by atoms with E-state index in [9.17, 15) is 5.11 Å². The van der Waals surface area contributed by atoms with Crippen molar-refractivity contribution >= 4 is 10.0 Å². The predicted octanol–water partition coefficient (Wildman–Crippen LogP) is 2.50. The Morgan fingerprint density at radius 2 is 2.17 bits per heavy atom. The maximum Gasteiger partial charge on any atom is 0.0999 e. The van der Waals surface area contributed by atoms with Crippen LogP contribution >= 0.6 is 10.0 Å². The first-order valence-electron chi connectivity index (χ1n) is 4.58. The highest BCUT2D eigenvalue weighted by Crippen LogP contribution is 2.72. The molecule has 0 aromatic heterocycles. The largest absolute Gasteiger partial charge is 0.380 e. The maximum atomic E-state index is 9.72. The molecule has 1 nitrogen and oxygen atoms in total. The summed E-state index contributed by atoms with van der Waals surface area (Å²) in [7, 11) is -0.612. The zero-order chi connectivity index (χ0) is 9.24. The van der Waals surface area contributed by atoms with Crippen molar-refractivity contribution in [1.82, 2.24) is 0 Å². The summed E-state index contributed by atoms with van der Waals surface area (Å²) in [4.78, 5) is -0.290. The van der Waals surface area contributed by atoms with E-state index >= 15 is 0 Å². The Bertz CT molecular complexity index is 177. The van der Waals surface area contributed by atoms with Gasteiger partial charge in [-0.15, -0.1) is 6.58 Å². The Kier molecular flexibility index (Phi) is 2.89. The molecule has 1 fully saturated rings. The number of allylic oxidation sites excluding steroid dienone is 1. The van der Waals surface area contributed by atoms with Crippen LogP contribution in [0, 0.1) is 0 Å². The normalized spacial score (nSPS) is 44.9. The zero-order valence-corrected chi connectivity index (χ0v) is 8.99. The molecule has 0 bridgehead atoms. The highest BCUT2D eigenvalue weighted by Gasteiger charge is 2.54. The summed E-state index contributed by atoms with van der Waals surface area (Å²) in [5.74, 6) is 2.31. The standard InChI is InChI=1S/C10H20OS/c1-4-5-6-7-8-12(3)9-10(12,2)11/h4,11H,1,5-9H2,2-3H3. The van der Waals surface area contributed by atoms with Crippen LogP contribution in [0.3, 0.4) is 0 Å². The van der Waals surface area contributed by atoms with E-state index in [0.717, 1.165) is 12.2 Å². The molecule has 1 heterocycles. The van der Waals surface area contributed by atoms with Gasteiger partial charge in [0.2, 0.25) is 0 Å². The van der Waals surface area contributed by atoms with Crippen LogP contribution in [0.4, 0.5) is 0 Å². The Morgan fingerprint density at radius 3 is 2.58 bits per heavy atom. The highest BCUT2D eigenvalue weighted by atomic mass is 32.3. The van der Waals surface area contributed by atoms with Gasteiger partial charge in [0.05, 0.1) is 4.93 Å². The van der Waals surface area contributed by atoms with Crippen molar-refractivity contribution in [3.8, 4) is 0 Å². The average molecular weight is 188 g/mol. The molecule has 1 N–H and O–H groups in total. The minimum absolute atomic E-state index is 0.290. The Labute approximate surface area is 77.2 Å². The van der Waals surface area contributed by atoms with Crippen molar-refractivity contribution in [2.45, 2.75) is 31.1 Å². The lowest BCUT2D eigenvalue weighted by Gasteiger charge is -2.18. The summed E-state index contributed by atoms with van der Waals surface area (Å²) in [6.07, 6.45) is 7.86. The predicted molar refractivity (Wildman–Crippen MR) is 57.9 cm³/mol. The molecule has 1 rings (SSSR count). The molecule has 0 aromatic carbocycles. The van der Waals surface area contributed by atoms with E-state index in [1.54, 1.807) is 0 Å². The summed E-state index contributed by atoms with van der Waals surface area (Å²) in [6.45, 7) is 5.68. The molecule has 12 heavy (non-hydrogen) atoms. The third kappa shape index (κ3) is 2.05. The van der Waals surface area contributed by atoms with Gasteiger partial charge in [-0.2, -0.15) is 0 Å². The SMILES string of the molecule is C=CCCCCS1(C)CC1(C)O. The maximum absolute atomic E-state index is 9.72. The smallest absolute Gasteiger partial charge is 0.0999 e. The number of rotatable bonds is 5. The van der Waals surface area contributed by atoms with Crippen LogP contribution in [0.2, 0.25) is 0 Å². The summed E-state index contributed by atoms with van der Waals surface area (Å²) >= 11 is 0. The van der Waals surface area contributed by atoms with Gasteiger partial charge >= 0.3 is 0 Å². The van der Waals surface area contributed by atoms with Crippen LogP contribution in [0.1, 0.15) is 26.2 Å². The van der Waals surface area contributed by atoms with Crippen LogP contribution < -0.4 is 0 Å². The summed E-state index contributed by atoms with van der Waals surface area (Å²) in [5.41, 5.74) is 0. The van der Waals surface area contributed by atoms with Crippen LogP contribution in [-0.4, -0.2) is 27.8 Å². The van der Waals surface area contributed by atoms with Crippen molar-refractivity contribution in [3.63, 3.8) is 0 Å². The average Bonchev–Trinajstić information content (AvgIpc) is 2.45. The van der Waals surface area contributed by atoms with Gasteiger partial charge in [0.1, 0.15) is 0 Å². The van der Waals surface area contributed by atoms with Gasteiger partial charge in [-0.25, -0.2) is 10.0 Å². The molecule has 2 unspecified atom stereocenters. The first kappa shape index (κ1) is 10.1. The van der Waals surface area contributed by atoms with Gasteiger partial charge in [-0.05, 0) is 38.2 Å². The fraction of sp³-hybridized carbons (Fsp3) is 0.800. The lowest BCUT2D eigenvalue weighted by molar-refractivity contribution is 0.211. The van der Waals surface area contributed by atoms with E-state index in [4.69, 9.17) is 0 Å². The molecule has 0 saturated carbocycles. The summed E-state index contributed by atoms with van der Waals surface area (Å²) in [5, 5.41) is 9.72. The van der Waals surface area contributed by atoms with Gasteiger partial charge in [-0.3, -0.25) is 0 Å². The second-order valence-electron chi connectivity index (χ2n) is 4.08. The topological polar surface area (TPSA) is 20.2 Å². The zero-order valence-electron chi connectivity index (χ0n) is 8.18. The third-order valence-corrected chi connectivity index (χ3v) is 7.12. The van der Waals surface area contributed by atoms with E-state index in [0.29, 0.717) is 0 Å². The van der Waals surface area contributed by atoms with E-state index < -0.39 is 10.0 Å². The molecule has 0 spiro atoms. The van der Waals surface area contributed by atoms with Crippen molar-refractivity contribution < 1.29 is 5.11 Å². The second kappa shape index (κ2) is 3.43. The third-order valence-electron chi connectivity index (χ3n) is 2.81. The Morgan fingerprint density at radius 1 is 1.58 bits per heavy atom.